The van der Waals surface area contributed by atoms with Gasteiger partial charge in [0.1, 0.15) is 30.2 Å². The third-order valence-corrected chi connectivity index (χ3v) is 6.59. The molecule has 11 nitrogen and oxygen atoms in total. The molecule has 3 rings (SSSR count). The molecule has 12 heteroatoms. The van der Waals surface area contributed by atoms with Gasteiger partial charge in [0.05, 0.1) is 12.7 Å². The maximum atomic E-state index is 10.5. The fourth-order valence-corrected chi connectivity index (χ4v) is 4.45. The van der Waals surface area contributed by atoms with Crippen LogP contribution in [0, 0.1) is 11.8 Å². The molecule has 1 aromatic rings. The highest BCUT2D eigenvalue weighted by atomic mass is 35.5. The van der Waals surface area contributed by atoms with E-state index in [4.69, 9.17) is 31.7 Å². The Labute approximate surface area is 200 Å². The summed E-state index contributed by atoms with van der Waals surface area (Å²) in [6.45, 7) is 1.33. The van der Waals surface area contributed by atoms with E-state index >= 15 is 0 Å². The van der Waals surface area contributed by atoms with Gasteiger partial charge in [-0.25, -0.2) is 0 Å². The molecule has 1 fully saturated rings. The lowest BCUT2D eigenvalue weighted by molar-refractivity contribution is -0.502. The standard InChI is InChI=1S/C22H29ClO11/c1-10-13(20-19(27)18(26)17(25)16(9-24)33-20)6-7-15(23)14(10)8-11-2-4-12(5-3-11)34-22(31,32)21(28,29)30/h2-7,10,13,16-20,24-32H,8-9H2,1H3. The zero-order valence-corrected chi connectivity index (χ0v) is 18.9. The average Bonchev–Trinajstić information content (AvgIpc) is 2.76. The van der Waals surface area contributed by atoms with E-state index in [0.29, 0.717) is 11.5 Å². The van der Waals surface area contributed by atoms with Gasteiger partial charge in [0.2, 0.25) is 0 Å². The first-order valence-electron chi connectivity index (χ1n) is 10.5. The lowest BCUT2D eigenvalue weighted by Crippen LogP contribution is -2.60. The number of aliphatic hydroxyl groups excluding tert-OH is 4. The molecular weight excluding hydrogens is 476 g/mol. The second-order valence-electron chi connectivity index (χ2n) is 8.56. The fraction of sp³-hybridized carbons (Fsp3) is 0.545. The SMILES string of the molecule is CC1C(Cc2ccc(OC(O)(O)C(O)(O)O)cc2)=C(Cl)C=CC1C1OC(CO)C(O)C(O)C1O. The third kappa shape index (κ3) is 5.45. The van der Waals surface area contributed by atoms with Crippen LogP contribution >= 0.6 is 11.6 Å². The molecule has 0 amide bonds. The lowest BCUT2D eigenvalue weighted by atomic mass is 9.74. The fourth-order valence-electron chi connectivity index (χ4n) is 4.14. The molecule has 7 unspecified atom stereocenters. The topological polar surface area (TPSA) is 201 Å². The second kappa shape index (κ2) is 10.2. The lowest BCUT2D eigenvalue weighted by Gasteiger charge is -2.45. The molecule has 190 valence electrons. The highest BCUT2D eigenvalue weighted by Crippen LogP contribution is 2.40. The van der Waals surface area contributed by atoms with Crippen molar-refractivity contribution >= 4 is 11.6 Å². The van der Waals surface area contributed by atoms with Crippen LogP contribution in [0.1, 0.15) is 12.5 Å². The van der Waals surface area contributed by atoms with E-state index in [9.17, 15) is 30.6 Å². The van der Waals surface area contributed by atoms with E-state index in [2.05, 4.69) is 4.74 Å². The summed E-state index contributed by atoms with van der Waals surface area (Å²) in [7, 11) is 0. The summed E-state index contributed by atoms with van der Waals surface area (Å²) >= 11 is 6.43. The summed E-state index contributed by atoms with van der Waals surface area (Å²) in [6, 6.07) is 5.75. The van der Waals surface area contributed by atoms with Crippen LogP contribution in [-0.4, -0.2) is 95.0 Å². The largest absolute Gasteiger partial charge is 0.433 e. The molecule has 1 aliphatic carbocycles. The minimum atomic E-state index is -3.91. The molecule has 1 aliphatic heterocycles. The molecule has 7 atom stereocenters. The molecule has 1 heterocycles. The Bertz CT molecular complexity index is 906. The van der Waals surface area contributed by atoms with Crippen molar-refractivity contribution in [3.63, 3.8) is 0 Å². The van der Waals surface area contributed by atoms with E-state index in [-0.39, 0.29) is 11.7 Å². The Morgan fingerprint density at radius 1 is 0.971 bits per heavy atom. The summed E-state index contributed by atoms with van der Waals surface area (Å²) in [5.41, 5.74) is 1.50. The molecule has 0 spiro atoms. The Balaban J connectivity index is 1.75. The number of halogens is 1. The molecule has 0 saturated carbocycles. The normalized spacial score (nSPS) is 32.7. The Hall–Kier alpha value is -1.61. The zero-order valence-electron chi connectivity index (χ0n) is 18.1. The number of hydrogen-bond donors (Lipinski definition) is 9. The number of ether oxygens (including phenoxy) is 2. The van der Waals surface area contributed by atoms with Crippen molar-refractivity contribution < 1.29 is 55.4 Å². The van der Waals surface area contributed by atoms with Crippen molar-refractivity contribution in [2.75, 3.05) is 6.61 Å². The molecular formula is C22H29ClO11. The van der Waals surface area contributed by atoms with Gasteiger partial charge in [-0.15, -0.1) is 0 Å². The van der Waals surface area contributed by atoms with Crippen LogP contribution in [-0.2, 0) is 11.2 Å². The molecule has 0 radical (unpaired) electrons. The van der Waals surface area contributed by atoms with Gasteiger partial charge in [0.25, 0.3) is 0 Å². The zero-order chi connectivity index (χ0) is 25.4. The number of aliphatic hydroxyl groups is 9. The highest BCUT2D eigenvalue weighted by Gasteiger charge is 2.50. The van der Waals surface area contributed by atoms with Gasteiger partial charge in [-0.3, -0.25) is 0 Å². The number of allylic oxidation sites excluding steroid dienone is 3. The van der Waals surface area contributed by atoms with E-state index in [1.807, 2.05) is 6.92 Å². The van der Waals surface area contributed by atoms with Gasteiger partial charge in [0, 0.05) is 11.0 Å². The number of benzene rings is 1. The monoisotopic (exact) mass is 504 g/mol. The molecule has 34 heavy (non-hydrogen) atoms. The van der Waals surface area contributed by atoms with Crippen LogP contribution in [0.15, 0.2) is 47.0 Å². The van der Waals surface area contributed by atoms with Crippen LogP contribution in [0.25, 0.3) is 0 Å². The van der Waals surface area contributed by atoms with Crippen molar-refractivity contribution in [1.82, 2.24) is 0 Å². The first-order valence-corrected chi connectivity index (χ1v) is 10.9. The van der Waals surface area contributed by atoms with Crippen LogP contribution in [0.3, 0.4) is 0 Å². The van der Waals surface area contributed by atoms with Gasteiger partial charge in [-0.05, 0) is 41.7 Å². The van der Waals surface area contributed by atoms with Gasteiger partial charge in [-0.2, -0.15) is 0 Å². The molecule has 9 N–H and O–H groups in total. The van der Waals surface area contributed by atoms with E-state index in [0.717, 1.165) is 11.1 Å². The Morgan fingerprint density at radius 3 is 2.15 bits per heavy atom. The Morgan fingerprint density at radius 2 is 1.59 bits per heavy atom. The molecule has 1 saturated heterocycles. The van der Waals surface area contributed by atoms with Crippen LogP contribution in [0.4, 0.5) is 0 Å². The second-order valence-corrected chi connectivity index (χ2v) is 8.97. The summed E-state index contributed by atoms with van der Waals surface area (Å²) in [4.78, 5) is 0. The van der Waals surface area contributed by atoms with Crippen molar-refractivity contribution in [1.29, 1.82) is 0 Å². The van der Waals surface area contributed by atoms with Crippen molar-refractivity contribution in [3.05, 3.63) is 52.6 Å². The maximum absolute atomic E-state index is 10.5. The van der Waals surface area contributed by atoms with Crippen molar-refractivity contribution in [3.8, 4) is 5.75 Å². The highest BCUT2D eigenvalue weighted by molar-refractivity contribution is 6.31. The van der Waals surface area contributed by atoms with Gasteiger partial charge < -0.3 is 55.4 Å². The van der Waals surface area contributed by atoms with Crippen LogP contribution in [0.2, 0.25) is 0 Å². The number of rotatable bonds is 7. The smallest absolute Gasteiger partial charge is 0.409 e. The summed E-state index contributed by atoms with van der Waals surface area (Å²) in [6.07, 6.45) is -2.54. The first kappa shape index (κ1) is 27.0. The molecule has 2 aliphatic rings. The minimum Gasteiger partial charge on any atom is -0.433 e. The Kier molecular flexibility index (Phi) is 8.07. The van der Waals surface area contributed by atoms with E-state index in [1.54, 1.807) is 24.3 Å². The quantitative estimate of drug-likeness (QED) is 0.186. The van der Waals surface area contributed by atoms with Gasteiger partial charge in [-0.1, -0.05) is 36.7 Å². The van der Waals surface area contributed by atoms with Crippen molar-refractivity contribution in [2.45, 2.75) is 55.8 Å². The molecule has 0 aromatic heterocycles. The predicted molar refractivity (Wildman–Crippen MR) is 116 cm³/mol. The van der Waals surface area contributed by atoms with Crippen LogP contribution in [0.5, 0.6) is 5.75 Å². The molecule has 1 aromatic carbocycles. The molecule has 0 bridgehead atoms. The van der Waals surface area contributed by atoms with Gasteiger partial charge >= 0.3 is 11.9 Å². The minimum absolute atomic E-state index is 0.175. The van der Waals surface area contributed by atoms with E-state index in [1.165, 1.54) is 12.1 Å². The summed E-state index contributed by atoms with van der Waals surface area (Å²) < 4.78 is 10.3. The predicted octanol–water partition coefficient (Wildman–Crippen LogP) is -1.97. The number of hydrogen-bond acceptors (Lipinski definition) is 11. The summed E-state index contributed by atoms with van der Waals surface area (Å²) in [5.74, 6) is -8.45. The van der Waals surface area contributed by atoms with Crippen molar-refractivity contribution in [2.24, 2.45) is 11.8 Å². The third-order valence-electron chi connectivity index (χ3n) is 6.22. The first-order chi connectivity index (χ1) is 15.8. The van der Waals surface area contributed by atoms with E-state index < -0.39 is 55.0 Å². The summed E-state index contributed by atoms with van der Waals surface area (Å²) in [5, 5.41) is 86.3. The maximum Gasteiger partial charge on any atom is 0.409 e. The van der Waals surface area contributed by atoms with Gasteiger partial charge in [0.15, 0.2) is 0 Å². The van der Waals surface area contributed by atoms with Crippen LogP contribution < -0.4 is 4.74 Å². The average molecular weight is 505 g/mol.